The molecule has 0 unspecified atom stereocenters. The Morgan fingerprint density at radius 2 is 2.10 bits per heavy atom. The molecule has 1 atom stereocenters. The molecule has 0 aliphatic carbocycles. The van der Waals surface area contributed by atoms with E-state index in [1.165, 1.54) is 0 Å². The van der Waals surface area contributed by atoms with Crippen LogP contribution in [0.3, 0.4) is 0 Å². The van der Waals surface area contributed by atoms with Gasteiger partial charge in [0, 0.05) is 18.0 Å². The largest absolute Gasteiger partial charge is 0.480 e. The molecule has 6 nitrogen and oxygen atoms in total. The minimum absolute atomic E-state index is 0. The number of aromatic amines is 1. The summed E-state index contributed by atoms with van der Waals surface area (Å²) in [4.78, 5) is 17.8. The molecule has 0 bridgehead atoms. The van der Waals surface area contributed by atoms with Gasteiger partial charge in [-0.05, 0) is 18.1 Å². The number of nitrogens with zero attached hydrogens (tertiary/aromatic N) is 1. The minimum Gasteiger partial charge on any atom is -0.480 e. The Morgan fingerprint density at radius 1 is 1.40 bits per heavy atom. The number of carboxylic acids is 1. The number of H-pyrrole nitrogens is 1. The maximum absolute atomic E-state index is 10.7. The van der Waals surface area contributed by atoms with E-state index in [1.54, 1.807) is 12.4 Å². The number of halogens is 2. The van der Waals surface area contributed by atoms with Crippen LogP contribution in [0.5, 0.6) is 0 Å². The van der Waals surface area contributed by atoms with Crippen LogP contribution in [-0.4, -0.2) is 32.6 Å². The van der Waals surface area contributed by atoms with Crippen molar-refractivity contribution in [3.8, 4) is 11.4 Å². The second-order valence-electron chi connectivity index (χ2n) is 3.79. The highest BCUT2D eigenvalue weighted by Gasteiger charge is 2.12. The van der Waals surface area contributed by atoms with Crippen molar-refractivity contribution in [3.63, 3.8) is 0 Å². The zero-order valence-electron chi connectivity index (χ0n) is 10.4. The van der Waals surface area contributed by atoms with Crippen LogP contribution in [0.2, 0.25) is 0 Å². The molecular formula is C12H17Cl2N3O3. The average Bonchev–Trinajstić information content (AvgIpc) is 2.82. The zero-order chi connectivity index (χ0) is 12.3. The van der Waals surface area contributed by atoms with Gasteiger partial charge in [-0.15, -0.1) is 24.8 Å². The second-order valence-corrected chi connectivity index (χ2v) is 3.79. The van der Waals surface area contributed by atoms with E-state index in [1.807, 2.05) is 24.3 Å². The number of benzene rings is 1. The van der Waals surface area contributed by atoms with Gasteiger partial charge in [-0.1, -0.05) is 18.2 Å². The van der Waals surface area contributed by atoms with Crippen LogP contribution in [0, 0.1) is 0 Å². The molecule has 1 heterocycles. The quantitative estimate of drug-likeness (QED) is 0.778. The van der Waals surface area contributed by atoms with Gasteiger partial charge in [0.1, 0.15) is 11.9 Å². The number of nitrogens with two attached hydrogens (primary N) is 1. The van der Waals surface area contributed by atoms with Gasteiger partial charge in [0.2, 0.25) is 0 Å². The SMILES string of the molecule is Cl.Cl.N[C@@H](Cc1cccc(-c2ncc[nH]2)c1)C(=O)O.O. The summed E-state index contributed by atoms with van der Waals surface area (Å²) < 4.78 is 0. The molecule has 0 spiro atoms. The smallest absolute Gasteiger partial charge is 0.320 e. The molecule has 6 N–H and O–H groups in total. The molecule has 0 saturated carbocycles. The van der Waals surface area contributed by atoms with Crippen molar-refractivity contribution in [2.75, 3.05) is 0 Å². The highest BCUT2D eigenvalue weighted by Crippen LogP contribution is 2.16. The lowest BCUT2D eigenvalue weighted by molar-refractivity contribution is -0.138. The Bertz CT molecular complexity index is 520. The zero-order valence-corrected chi connectivity index (χ0v) is 12.1. The molecule has 20 heavy (non-hydrogen) atoms. The first kappa shape index (κ1) is 20.7. The summed E-state index contributed by atoms with van der Waals surface area (Å²) in [6.07, 6.45) is 3.72. The number of hydrogen-bond acceptors (Lipinski definition) is 3. The third-order valence-corrected chi connectivity index (χ3v) is 2.47. The first-order chi connectivity index (χ1) is 8.16. The molecule has 0 radical (unpaired) electrons. The fourth-order valence-corrected chi connectivity index (χ4v) is 1.61. The number of carboxylic acid groups (broad SMARTS) is 1. The van der Waals surface area contributed by atoms with Gasteiger partial charge < -0.3 is 21.3 Å². The van der Waals surface area contributed by atoms with E-state index in [-0.39, 0.29) is 30.3 Å². The molecule has 1 aromatic heterocycles. The molecule has 2 aromatic rings. The van der Waals surface area contributed by atoms with Gasteiger partial charge in [0.05, 0.1) is 0 Å². The summed E-state index contributed by atoms with van der Waals surface area (Å²) in [7, 11) is 0. The van der Waals surface area contributed by atoms with Crippen LogP contribution in [0.25, 0.3) is 11.4 Å². The van der Waals surface area contributed by atoms with Crippen molar-refractivity contribution in [2.45, 2.75) is 12.5 Å². The summed E-state index contributed by atoms with van der Waals surface area (Å²) in [5.74, 6) is -0.232. The number of aromatic nitrogens is 2. The van der Waals surface area contributed by atoms with Gasteiger partial charge in [-0.25, -0.2) is 4.98 Å². The predicted octanol–water partition coefficient (Wildman–Crippen LogP) is 1.05. The molecule has 0 aliphatic heterocycles. The van der Waals surface area contributed by atoms with Crippen LogP contribution >= 0.6 is 24.8 Å². The third kappa shape index (κ3) is 5.18. The molecule has 2 rings (SSSR count). The summed E-state index contributed by atoms with van der Waals surface area (Å²) in [5, 5.41) is 8.75. The lowest BCUT2D eigenvalue weighted by Crippen LogP contribution is -2.32. The molecule has 1 aromatic carbocycles. The van der Waals surface area contributed by atoms with Crippen molar-refractivity contribution >= 4 is 30.8 Å². The number of hydrogen-bond donors (Lipinski definition) is 3. The highest BCUT2D eigenvalue weighted by atomic mass is 35.5. The predicted molar refractivity (Wildman–Crippen MR) is 81.4 cm³/mol. The van der Waals surface area contributed by atoms with E-state index in [2.05, 4.69) is 9.97 Å². The Morgan fingerprint density at radius 3 is 2.65 bits per heavy atom. The van der Waals surface area contributed by atoms with Gasteiger partial charge >= 0.3 is 5.97 Å². The van der Waals surface area contributed by atoms with Crippen LogP contribution in [0.4, 0.5) is 0 Å². The Balaban J connectivity index is 0. The number of rotatable bonds is 4. The summed E-state index contributed by atoms with van der Waals surface area (Å²) >= 11 is 0. The topological polar surface area (TPSA) is 124 Å². The molecule has 0 aliphatic rings. The van der Waals surface area contributed by atoms with Crippen molar-refractivity contribution in [1.29, 1.82) is 0 Å². The molecule has 8 heteroatoms. The fourth-order valence-electron chi connectivity index (χ4n) is 1.61. The molecule has 0 fully saturated rings. The second kappa shape index (κ2) is 9.33. The number of imidazole rings is 1. The summed E-state index contributed by atoms with van der Waals surface area (Å²) in [5.41, 5.74) is 7.30. The van der Waals surface area contributed by atoms with E-state index in [0.717, 1.165) is 17.0 Å². The van der Waals surface area contributed by atoms with Crippen molar-refractivity contribution in [2.24, 2.45) is 5.73 Å². The lowest BCUT2D eigenvalue weighted by Gasteiger charge is -2.07. The minimum atomic E-state index is -0.992. The lowest BCUT2D eigenvalue weighted by atomic mass is 10.0. The molecule has 112 valence electrons. The van der Waals surface area contributed by atoms with Crippen molar-refractivity contribution < 1.29 is 15.4 Å². The monoisotopic (exact) mass is 321 g/mol. The Labute approximate surface area is 128 Å². The van der Waals surface area contributed by atoms with Gasteiger partial charge in [-0.3, -0.25) is 4.79 Å². The van der Waals surface area contributed by atoms with Gasteiger partial charge in [0.25, 0.3) is 0 Å². The number of aliphatic carboxylic acids is 1. The molecule has 0 amide bonds. The van der Waals surface area contributed by atoms with Crippen LogP contribution in [-0.2, 0) is 11.2 Å². The van der Waals surface area contributed by atoms with Crippen LogP contribution in [0.1, 0.15) is 5.56 Å². The number of carbonyl (C=O) groups is 1. The normalized spacial score (nSPS) is 10.4. The van der Waals surface area contributed by atoms with Gasteiger partial charge in [0.15, 0.2) is 0 Å². The van der Waals surface area contributed by atoms with E-state index in [9.17, 15) is 4.79 Å². The van der Waals surface area contributed by atoms with Crippen LogP contribution in [0.15, 0.2) is 36.7 Å². The van der Waals surface area contributed by atoms with Crippen LogP contribution < -0.4 is 5.73 Å². The van der Waals surface area contributed by atoms with E-state index >= 15 is 0 Å². The van der Waals surface area contributed by atoms with E-state index in [0.29, 0.717) is 6.42 Å². The number of nitrogens with one attached hydrogen (secondary N) is 1. The summed E-state index contributed by atoms with van der Waals surface area (Å²) in [6.45, 7) is 0. The molecular weight excluding hydrogens is 305 g/mol. The first-order valence-corrected chi connectivity index (χ1v) is 5.24. The maximum Gasteiger partial charge on any atom is 0.320 e. The maximum atomic E-state index is 10.7. The molecule has 0 saturated heterocycles. The fraction of sp³-hybridized carbons (Fsp3) is 0.167. The van der Waals surface area contributed by atoms with Crippen molar-refractivity contribution in [1.82, 2.24) is 9.97 Å². The Kier molecular flexibility index (Phi) is 9.66. The standard InChI is InChI=1S/C12H13N3O2.2ClH.H2O/c13-10(12(16)17)7-8-2-1-3-9(6-8)11-14-4-5-15-11;;;/h1-6,10H,7,13H2,(H,14,15)(H,16,17);2*1H;1H2/t10-;;;/m0.../s1. The van der Waals surface area contributed by atoms with E-state index in [4.69, 9.17) is 10.8 Å². The average molecular weight is 322 g/mol. The van der Waals surface area contributed by atoms with Gasteiger partial charge in [-0.2, -0.15) is 0 Å². The van der Waals surface area contributed by atoms with E-state index < -0.39 is 12.0 Å². The highest BCUT2D eigenvalue weighted by molar-refractivity contribution is 5.85. The third-order valence-electron chi connectivity index (χ3n) is 2.47. The Hall–Kier alpha value is -1.60. The first-order valence-electron chi connectivity index (χ1n) is 5.24. The van der Waals surface area contributed by atoms with Crippen molar-refractivity contribution in [3.05, 3.63) is 42.2 Å². The summed E-state index contributed by atoms with van der Waals surface area (Å²) in [6, 6.07) is 6.65.